The second-order valence-corrected chi connectivity index (χ2v) is 3.48. The lowest BCUT2D eigenvalue weighted by atomic mass is 10.2. The number of nitriles is 1. The number of nitrogens with zero attached hydrogens (tertiary/aromatic N) is 2. The van der Waals surface area contributed by atoms with Crippen molar-refractivity contribution in [2.75, 3.05) is 11.9 Å². The van der Waals surface area contributed by atoms with Crippen LogP contribution in [0.25, 0.3) is 0 Å². The molecule has 4 heteroatoms. The molecule has 0 saturated heterocycles. The molecule has 3 N–H and O–H groups in total. The Labute approximate surface area is 90.1 Å². The lowest BCUT2D eigenvalue weighted by molar-refractivity contribution is 0.699. The van der Waals surface area contributed by atoms with Crippen molar-refractivity contribution < 1.29 is 0 Å². The SMILES string of the molecule is CCC(CN)Nc1cc(C#N)cc(C)n1. The lowest BCUT2D eigenvalue weighted by Crippen LogP contribution is -2.28. The molecule has 1 aromatic rings. The summed E-state index contributed by atoms with van der Waals surface area (Å²) < 4.78 is 0. The molecular formula is C11H16N4. The summed E-state index contributed by atoms with van der Waals surface area (Å²) in [6.45, 7) is 4.49. The van der Waals surface area contributed by atoms with Crippen LogP contribution in [0.5, 0.6) is 0 Å². The predicted molar refractivity (Wildman–Crippen MR) is 60.4 cm³/mol. The molecule has 0 radical (unpaired) electrons. The van der Waals surface area contributed by atoms with Crippen molar-refractivity contribution in [1.82, 2.24) is 4.98 Å². The fourth-order valence-electron chi connectivity index (χ4n) is 1.34. The first-order valence-corrected chi connectivity index (χ1v) is 5.05. The third-order valence-electron chi connectivity index (χ3n) is 2.21. The molecular weight excluding hydrogens is 188 g/mol. The molecule has 0 fully saturated rings. The van der Waals surface area contributed by atoms with E-state index in [1.165, 1.54) is 0 Å². The second kappa shape index (κ2) is 5.32. The minimum Gasteiger partial charge on any atom is -0.366 e. The van der Waals surface area contributed by atoms with Gasteiger partial charge in [-0.15, -0.1) is 0 Å². The molecule has 4 nitrogen and oxygen atoms in total. The normalized spacial score (nSPS) is 11.9. The molecule has 80 valence electrons. The van der Waals surface area contributed by atoms with Gasteiger partial charge in [0.1, 0.15) is 5.82 Å². The zero-order valence-corrected chi connectivity index (χ0v) is 9.12. The first kappa shape index (κ1) is 11.5. The number of nitrogens with one attached hydrogen (secondary N) is 1. The van der Waals surface area contributed by atoms with E-state index in [-0.39, 0.29) is 6.04 Å². The van der Waals surface area contributed by atoms with Crippen molar-refractivity contribution in [2.24, 2.45) is 5.73 Å². The number of hydrogen-bond acceptors (Lipinski definition) is 4. The maximum atomic E-state index is 8.80. The summed E-state index contributed by atoms with van der Waals surface area (Å²) in [6, 6.07) is 5.82. The van der Waals surface area contributed by atoms with E-state index in [1.807, 2.05) is 6.92 Å². The number of rotatable bonds is 4. The Bertz CT molecular complexity index is 363. The number of hydrogen-bond donors (Lipinski definition) is 2. The summed E-state index contributed by atoms with van der Waals surface area (Å²) in [6.07, 6.45) is 0.939. The summed E-state index contributed by atoms with van der Waals surface area (Å²) in [5.41, 5.74) is 7.04. The molecule has 0 spiro atoms. The third-order valence-corrected chi connectivity index (χ3v) is 2.21. The highest BCUT2D eigenvalue weighted by Gasteiger charge is 2.05. The minimum atomic E-state index is 0.214. The van der Waals surface area contributed by atoms with Crippen LogP contribution in [0.1, 0.15) is 24.6 Å². The number of pyridine rings is 1. The average molecular weight is 204 g/mol. The van der Waals surface area contributed by atoms with E-state index < -0.39 is 0 Å². The molecule has 0 aliphatic heterocycles. The van der Waals surface area contributed by atoms with Crippen molar-refractivity contribution >= 4 is 5.82 Å². The third kappa shape index (κ3) is 3.22. The average Bonchev–Trinajstić information content (AvgIpc) is 2.25. The van der Waals surface area contributed by atoms with E-state index in [1.54, 1.807) is 12.1 Å². The minimum absolute atomic E-state index is 0.214. The first-order chi connectivity index (χ1) is 7.19. The smallest absolute Gasteiger partial charge is 0.127 e. The van der Waals surface area contributed by atoms with E-state index >= 15 is 0 Å². The number of aromatic nitrogens is 1. The summed E-state index contributed by atoms with van der Waals surface area (Å²) in [5, 5.41) is 12.0. The molecule has 0 bridgehead atoms. The van der Waals surface area contributed by atoms with Gasteiger partial charge in [0.25, 0.3) is 0 Å². The van der Waals surface area contributed by atoms with E-state index in [4.69, 9.17) is 11.0 Å². The highest BCUT2D eigenvalue weighted by molar-refractivity contribution is 5.44. The Morgan fingerprint density at radius 1 is 1.60 bits per heavy atom. The molecule has 1 atom stereocenters. The van der Waals surface area contributed by atoms with Crippen molar-refractivity contribution in [3.05, 3.63) is 23.4 Å². The quantitative estimate of drug-likeness (QED) is 0.777. The van der Waals surface area contributed by atoms with Gasteiger partial charge in [0.2, 0.25) is 0 Å². The van der Waals surface area contributed by atoms with Crippen molar-refractivity contribution in [3.63, 3.8) is 0 Å². The molecule has 0 aromatic carbocycles. The van der Waals surface area contributed by atoms with Gasteiger partial charge in [0.15, 0.2) is 0 Å². The van der Waals surface area contributed by atoms with Crippen LogP contribution < -0.4 is 11.1 Å². The molecule has 1 aromatic heterocycles. The summed E-state index contributed by atoms with van der Waals surface area (Å²) in [5.74, 6) is 0.726. The Morgan fingerprint density at radius 3 is 2.87 bits per heavy atom. The summed E-state index contributed by atoms with van der Waals surface area (Å²) >= 11 is 0. The first-order valence-electron chi connectivity index (χ1n) is 5.05. The fraction of sp³-hybridized carbons (Fsp3) is 0.455. The second-order valence-electron chi connectivity index (χ2n) is 3.48. The van der Waals surface area contributed by atoms with Crippen LogP contribution in [0, 0.1) is 18.3 Å². The van der Waals surface area contributed by atoms with Gasteiger partial charge in [-0.1, -0.05) is 6.92 Å². The lowest BCUT2D eigenvalue weighted by Gasteiger charge is -2.15. The van der Waals surface area contributed by atoms with Gasteiger partial charge < -0.3 is 11.1 Å². The largest absolute Gasteiger partial charge is 0.366 e. The van der Waals surface area contributed by atoms with Gasteiger partial charge in [-0.3, -0.25) is 0 Å². The van der Waals surface area contributed by atoms with Crippen LogP contribution in [0.3, 0.4) is 0 Å². The van der Waals surface area contributed by atoms with Crippen LogP contribution >= 0.6 is 0 Å². The zero-order valence-electron chi connectivity index (χ0n) is 9.12. The molecule has 1 heterocycles. The van der Waals surface area contributed by atoms with Gasteiger partial charge in [-0.25, -0.2) is 4.98 Å². The Hall–Kier alpha value is -1.60. The number of aryl methyl sites for hydroxylation is 1. The topological polar surface area (TPSA) is 74.7 Å². The highest BCUT2D eigenvalue weighted by atomic mass is 15.0. The fourth-order valence-corrected chi connectivity index (χ4v) is 1.34. The van der Waals surface area contributed by atoms with Crippen LogP contribution in [0.2, 0.25) is 0 Å². The molecule has 0 aliphatic carbocycles. The molecule has 1 rings (SSSR count). The number of nitrogens with two attached hydrogens (primary N) is 1. The monoisotopic (exact) mass is 204 g/mol. The van der Waals surface area contributed by atoms with Gasteiger partial charge in [0, 0.05) is 18.3 Å². The van der Waals surface area contributed by atoms with Gasteiger partial charge in [0.05, 0.1) is 11.6 Å². The van der Waals surface area contributed by atoms with Gasteiger partial charge in [-0.2, -0.15) is 5.26 Å². The maximum Gasteiger partial charge on any atom is 0.127 e. The van der Waals surface area contributed by atoms with Crippen LogP contribution in [-0.4, -0.2) is 17.6 Å². The molecule has 0 saturated carbocycles. The van der Waals surface area contributed by atoms with Crippen molar-refractivity contribution in [2.45, 2.75) is 26.3 Å². The van der Waals surface area contributed by atoms with E-state index in [9.17, 15) is 0 Å². The molecule has 0 aliphatic rings. The molecule has 0 amide bonds. The Kier molecular flexibility index (Phi) is 4.07. The van der Waals surface area contributed by atoms with Crippen LogP contribution in [0.15, 0.2) is 12.1 Å². The predicted octanol–water partition coefficient (Wildman–Crippen LogP) is 1.41. The van der Waals surface area contributed by atoms with Gasteiger partial charge >= 0.3 is 0 Å². The Balaban J connectivity index is 2.85. The van der Waals surface area contributed by atoms with Crippen molar-refractivity contribution in [1.29, 1.82) is 5.26 Å². The summed E-state index contributed by atoms with van der Waals surface area (Å²) in [7, 11) is 0. The Morgan fingerprint density at radius 2 is 2.33 bits per heavy atom. The zero-order chi connectivity index (χ0) is 11.3. The molecule has 1 unspecified atom stereocenters. The standard InChI is InChI=1S/C11H16N4/c1-3-10(7-13)15-11-5-9(6-12)4-8(2)14-11/h4-5,10H,3,7,13H2,1-2H3,(H,14,15). The number of anilines is 1. The highest BCUT2D eigenvalue weighted by Crippen LogP contribution is 2.10. The van der Waals surface area contributed by atoms with E-state index in [0.29, 0.717) is 12.1 Å². The van der Waals surface area contributed by atoms with Crippen molar-refractivity contribution in [3.8, 4) is 6.07 Å². The maximum absolute atomic E-state index is 8.80. The molecule has 15 heavy (non-hydrogen) atoms. The summed E-state index contributed by atoms with van der Waals surface area (Å²) in [4.78, 5) is 4.30. The van der Waals surface area contributed by atoms with E-state index in [0.717, 1.165) is 17.9 Å². The van der Waals surface area contributed by atoms with E-state index in [2.05, 4.69) is 23.3 Å². The van der Waals surface area contributed by atoms with Crippen LogP contribution in [0.4, 0.5) is 5.82 Å². The van der Waals surface area contributed by atoms with Crippen LogP contribution in [-0.2, 0) is 0 Å². The van der Waals surface area contributed by atoms with Gasteiger partial charge in [-0.05, 0) is 25.5 Å².